The van der Waals surface area contributed by atoms with Crippen LogP contribution >= 0.6 is 0 Å². The number of hydrogen-bond acceptors (Lipinski definition) is 0. The molecule has 2 atom stereocenters. The Kier molecular flexibility index (Phi) is 12.1. The maximum absolute atomic E-state index is 2.46. The Bertz CT molecular complexity index is 159. The average Bonchev–Trinajstić information content (AvgIpc) is 2.28. The molecule has 0 rings (SSSR count). The van der Waals surface area contributed by atoms with Gasteiger partial charge in [0, 0.05) is 0 Å². The molecule has 0 spiro atoms. The lowest BCUT2D eigenvalue weighted by atomic mass is 9.89. The summed E-state index contributed by atoms with van der Waals surface area (Å²) in [5, 5.41) is 0. The van der Waals surface area contributed by atoms with Gasteiger partial charge in [-0.2, -0.15) is 0 Å². The topological polar surface area (TPSA) is 0 Å². The van der Waals surface area contributed by atoms with E-state index < -0.39 is 0 Å². The fourth-order valence-corrected chi connectivity index (χ4v) is 2.89. The third-order valence-electron chi connectivity index (χ3n) is 4.08. The van der Waals surface area contributed by atoms with Crippen LogP contribution in [0.5, 0.6) is 0 Å². The largest absolute Gasteiger partial charge is 0.0654 e. The molecule has 0 amide bonds. The molecule has 0 heterocycles. The van der Waals surface area contributed by atoms with Gasteiger partial charge in [0.15, 0.2) is 0 Å². The minimum atomic E-state index is 0.883. The van der Waals surface area contributed by atoms with Crippen molar-refractivity contribution in [3.63, 3.8) is 0 Å². The average molecular weight is 255 g/mol. The van der Waals surface area contributed by atoms with Crippen LogP contribution in [0, 0.1) is 17.8 Å². The van der Waals surface area contributed by atoms with Crippen LogP contribution in [-0.4, -0.2) is 0 Å². The molecule has 0 heteroatoms. The minimum absolute atomic E-state index is 0.883. The molecule has 0 aliphatic carbocycles. The van der Waals surface area contributed by atoms with Crippen LogP contribution in [0.2, 0.25) is 0 Å². The Morgan fingerprint density at radius 2 is 1.17 bits per heavy atom. The monoisotopic (exact) mass is 254 g/mol. The molecular formula is C18H38. The fraction of sp³-hybridized carbons (Fsp3) is 1.00. The summed E-state index contributed by atoms with van der Waals surface area (Å²) >= 11 is 0. The van der Waals surface area contributed by atoms with Crippen LogP contribution in [0.4, 0.5) is 0 Å². The first kappa shape index (κ1) is 18.0. The van der Waals surface area contributed by atoms with Crippen molar-refractivity contribution < 1.29 is 0 Å². The van der Waals surface area contributed by atoms with Crippen LogP contribution in [0.1, 0.15) is 98.8 Å². The molecule has 18 heavy (non-hydrogen) atoms. The predicted octanol–water partition coefficient (Wildman–Crippen LogP) is 6.84. The zero-order valence-electron chi connectivity index (χ0n) is 13.8. The zero-order valence-corrected chi connectivity index (χ0v) is 13.8. The van der Waals surface area contributed by atoms with Gasteiger partial charge in [-0.1, -0.05) is 92.4 Å². The van der Waals surface area contributed by atoms with Crippen molar-refractivity contribution in [3.8, 4) is 0 Å². The van der Waals surface area contributed by atoms with E-state index in [9.17, 15) is 0 Å². The SMILES string of the molecule is CCCCCCCC(C)CC(C)CCCC(C)C. The second-order valence-corrected chi connectivity index (χ2v) is 6.97. The van der Waals surface area contributed by atoms with Gasteiger partial charge in [0.25, 0.3) is 0 Å². The lowest BCUT2D eigenvalue weighted by molar-refractivity contribution is 0.352. The Morgan fingerprint density at radius 3 is 1.72 bits per heavy atom. The maximum Gasteiger partial charge on any atom is -0.0440 e. The third kappa shape index (κ3) is 12.5. The van der Waals surface area contributed by atoms with E-state index in [2.05, 4.69) is 34.6 Å². The van der Waals surface area contributed by atoms with E-state index in [0.717, 1.165) is 17.8 Å². The van der Waals surface area contributed by atoms with Gasteiger partial charge in [-0.05, 0) is 24.2 Å². The van der Waals surface area contributed by atoms with E-state index in [-0.39, 0.29) is 0 Å². The molecule has 0 N–H and O–H groups in total. The van der Waals surface area contributed by atoms with E-state index in [0.29, 0.717) is 0 Å². The summed E-state index contributed by atoms with van der Waals surface area (Å²) in [7, 11) is 0. The predicted molar refractivity (Wildman–Crippen MR) is 85.0 cm³/mol. The van der Waals surface area contributed by atoms with E-state index in [4.69, 9.17) is 0 Å². The molecule has 110 valence electrons. The molecule has 0 radical (unpaired) electrons. The lowest BCUT2D eigenvalue weighted by Gasteiger charge is -2.17. The summed E-state index contributed by atoms with van der Waals surface area (Å²) in [6.45, 7) is 11.9. The fourth-order valence-electron chi connectivity index (χ4n) is 2.89. The van der Waals surface area contributed by atoms with Gasteiger partial charge in [-0.15, -0.1) is 0 Å². The van der Waals surface area contributed by atoms with E-state index in [1.165, 1.54) is 64.2 Å². The molecule has 0 aromatic rings. The number of unbranched alkanes of at least 4 members (excludes halogenated alkanes) is 4. The molecule has 0 aromatic carbocycles. The van der Waals surface area contributed by atoms with Gasteiger partial charge in [-0.25, -0.2) is 0 Å². The van der Waals surface area contributed by atoms with Gasteiger partial charge in [0.2, 0.25) is 0 Å². The number of rotatable bonds is 12. The Balaban J connectivity index is 3.40. The molecule has 0 bridgehead atoms. The second kappa shape index (κ2) is 12.1. The summed E-state index contributed by atoms with van der Waals surface area (Å²) in [6.07, 6.45) is 14.4. The molecule has 0 saturated heterocycles. The first-order valence-corrected chi connectivity index (χ1v) is 8.56. The molecule has 0 saturated carbocycles. The first-order valence-electron chi connectivity index (χ1n) is 8.56. The number of hydrogen-bond donors (Lipinski definition) is 0. The molecule has 0 aromatic heterocycles. The minimum Gasteiger partial charge on any atom is -0.0654 e. The molecule has 0 nitrogen and oxygen atoms in total. The molecule has 2 unspecified atom stereocenters. The van der Waals surface area contributed by atoms with Crippen molar-refractivity contribution in [3.05, 3.63) is 0 Å². The van der Waals surface area contributed by atoms with Gasteiger partial charge >= 0.3 is 0 Å². The Morgan fingerprint density at radius 1 is 0.611 bits per heavy atom. The highest BCUT2D eigenvalue weighted by molar-refractivity contribution is 4.61. The first-order chi connectivity index (χ1) is 8.56. The van der Waals surface area contributed by atoms with Crippen LogP contribution in [-0.2, 0) is 0 Å². The van der Waals surface area contributed by atoms with Crippen LogP contribution < -0.4 is 0 Å². The Hall–Kier alpha value is 0. The highest BCUT2D eigenvalue weighted by Gasteiger charge is 2.09. The van der Waals surface area contributed by atoms with Crippen molar-refractivity contribution in [2.24, 2.45) is 17.8 Å². The van der Waals surface area contributed by atoms with Crippen molar-refractivity contribution in [1.29, 1.82) is 0 Å². The molecule has 0 fully saturated rings. The van der Waals surface area contributed by atoms with Crippen LogP contribution in [0.15, 0.2) is 0 Å². The van der Waals surface area contributed by atoms with E-state index in [1.54, 1.807) is 0 Å². The molecule has 0 aliphatic heterocycles. The highest BCUT2D eigenvalue weighted by Crippen LogP contribution is 2.23. The normalized spacial score (nSPS) is 15.0. The lowest BCUT2D eigenvalue weighted by Crippen LogP contribution is -2.04. The quantitative estimate of drug-likeness (QED) is 0.335. The summed E-state index contributed by atoms with van der Waals surface area (Å²) in [6, 6.07) is 0. The highest BCUT2D eigenvalue weighted by atomic mass is 14.1. The van der Waals surface area contributed by atoms with Crippen molar-refractivity contribution in [2.75, 3.05) is 0 Å². The Labute approximate surface area is 117 Å². The smallest absolute Gasteiger partial charge is 0.0440 e. The summed E-state index contributed by atoms with van der Waals surface area (Å²) in [4.78, 5) is 0. The zero-order chi connectivity index (χ0) is 13.8. The van der Waals surface area contributed by atoms with E-state index >= 15 is 0 Å². The third-order valence-corrected chi connectivity index (χ3v) is 4.08. The van der Waals surface area contributed by atoms with Gasteiger partial charge < -0.3 is 0 Å². The van der Waals surface area contributed by atoms with Crippen LogP contribution in [0.25, 0.3) is 0 Å². The van der Waals surface area contributed by atoms with E-state index in [1.807, 2.05) is 0 Å². The summed E-state index contributed by atoms with van der Waals surface area (Å²) in [5.74, 6) is 2.77. The van der Waals surface area contributed by atoms with Gasteiger partial charge in [0.1, 0.15) is 0 Å². The van der Waals surface area contributed by atoms with Gasteiger partial charge in [0.05, 0.1) is 0 Å². The molecular weight excluding hydrogens is 216 g/mol. The summed E-state index contributed by atoms with van der Waals surface area (Å²) in [5.41, 5.74) is 0. The van der Waals surface area contributed by atoms with Crippen LogP contribution in [0.3, 0.4) is 0 Å². The van der Waals surface area contributed by atoms with Crippen molar-refractivity contribution in [1.82, 2.24) is 0 Å². The van der Waals surface area contributed by atoms with Crippen molar-refractivity contribution >= 4 is 0 Å². The standard InChI is InChI=1S/C18H38/c1-6-7-8-9-10-13-17(4)15-18(5)14-11-12-16(2)3/h16-18H,6-15H2,1-5H3. The second-order valence-electron chi connectivity index (χ2n) is 6.97. The van der Waals surface area contributed by atoms with Gasteiger partial charge in [-0.3, -0.25) is 0 Å². The molecule has 0 aliphatic rings. The maximum atomic E-state index is 2.46. The van der Waals surface area contributed by atoms with Crippen molar-refractivity contribution in [2.45, 2.75) is 98.8 Å². The summed E-state index contributed by atoms with van der Waals surface area (Å²) < 4.78 is 0.